The van der Waals surface area contributed by atoms with Gasteiger partial charge in [-0.15, -0.1) is 24.8 Å². The zero-order chi connectivity index (χ0) is 18.0. The molecule has 0 unspecified atom stereocenters. The van der Waals surface area contributed by atoms with Crippen LogP contribution in [0.1, 0.15) is 42.5 Å². The summed E-state index contributed by atoms with van der Waals surface area (Å²) in [5.41, 5.74) is -2.53. The van der Waals surface area contributed by atoms with Gasteiger partial charge in [0.25, 0.3) is 0 Å². The van der Waals surface area contributed by atoms with Gasteiger partial charge in [0.1, 0.15) is 0 Å². The molecule has 1 aliphatic heterocycles. The summed E-state index contributed by atoms with van der Waals surface area (Å²) in [6.45, 7) is 4.31. The van der Waals surface area contributed by atoms with Gasteiger partial charge in [-0.3, -0.25) is 4.90 Å². The molecule has 0 radical (unpaired) electrons. The van der Waals surface area contributed by atoms with E-state index in [1.54, 1.807) is 0 Å². The molecule has 1 aromatic rings. The van der Waals surface area contributed by atoms with Crippen LogP contribution in [0.2, 0.25) is 0 Å². The van der Waals surface area contributed by atoms with Gasteiger partial charge in [0, 0.05) is 32.2 Å². The van der Waals surface area contributed by atoms with E-state index in [9.17, 15) is 26.3 Å². The summed E-state index contributed by atoms with van der Waals surface area (Å²) in [5.74, 6) is 0. The molecule has 0 amide bonds. The standard InChI is InChI=1S/C16H20F6N2.2ClH/c1-2-3-14(24-8-6-23-7-9-24)12-5-4-11(15(17,18)19)10-13(12)16(20,21)22;;/h4-5,10,14,23H,2-3,6-9H2,1H3;2*1H/t14-;;/m0../s1. The number of piperazine rings is 1. The summed E-state index contributed by atoms with van der Waals surface area (Å²) in [7, 11) is 0. The van der Waals surface area contributed by atoms with Gasteiger partial charge in [-0.1, -0.05) is 19.4 Å². The van der Waals surface area contributed by atoms with E-state index in [4.69, 9.17) is 0 Å². The van der Waals surface area contributed by atoms with Crippen molar-refractivity contribution < 1.29 is 26.3 Å². The van der Waals surface area contributed by atoms with E-state index in [1.165, 1.54) is 0 Å². The summed E-state index contributed by atoms with van der Waals surface area (Å²) in [6.07, 6.45) is -8.51. The van der Waals surface area contributed by atoms with Crippen LogP contribution in [0.25, 0.3) is 0 Å². The van der Waals surface area contributed by atoms with Crippen LogP contribution in [-0.2, 0) is 12.4 Å². The van der Waals surface area contributed by atoms with Crippen LogP contribution in [0.15, 0.2) is 18.2 Å². The highest BCUT2D eigenvalue weighted by Crippen LogP contribution is 2.41. The zero-order valence-electron chi connectivity index (χ0n) is 14.1. The average Bonchev–Trinajstić information content (AvgIpc) is 2.51. The molecular weight excluding hydrogens is 405 g/mol. The summed E-state index contributed by atoms with van der Waals surface area (Å²) >= 11 is 0. The molecule has 0 aliphatic carbocycles. The molecule has 1 saturated heterocycles. The van der Waals surface area contributed by atoms with Crippen molar-refractivity contribution in [3.63, 3.8) is 0 Å². The molecule has 1 N–H and O–H groups in total. The van der Waals surface area contributed by atoms with Crippen LogP contribution in [0.3, 0.4) is 0 Å². The predicted octanol–water partition coefficient (Wildman–Crippen LogP) is 5.31. The third kappa shape index (κ3) is 6.18. The van der Waals surface area contributed by atoms with E-state index in [0.29, 0.717) is 39.0 Å². The molecule has 1 aliphatic rings. The van der Waals surface area contributed by atoms with Gasteiger partial charge >= 0.3 is 12.4 Å². The lowest BCUT2D eigenvalue weighted by molar-refractivity contribution is -0.143. The van der Waals surface area contributed by atoms with Crippen molar-refractivity contribution in [2.75, 3.05) is 26.2 Å². The number of benzene rings is 1. The van der Waals surface area contributed by atoms with Gasteiger partial charge in [-0.25, -0.2) is 0 Å². The third-order valence-corrected chi connectivity index (χ3v) is 4.20. The molecule has 10 heteroatoms. The number of hydrogen-bond donors (Lipinski definition) is 1. The highest BCUT2D eigenvalue weighted by molar-refractivity contribution is 5.85. The Morgan fingerprint density at radius 3 is 2.04 bits per heavy atom. The number of nitrogens with one attached hydrogen (secondary N) is 1. The van der Waals surface area contributed by atoms with Crippen molar-refractivity contribution in [2.45, 2.75) is 38.2 Å². The maximum Gasteiger partial charge on any atom is 0.416 e. The molecule has 152 valence electrons. The lowest BCUT2D eigenvalue weighted by Gasteiger charge is -2.36. The lowest BCUT2D eigenvalue weighted by atomic mass is 9.93. The molecule has 2 nitrogen and oxygen atoms in total. The number of rotatable bonds is 4. The average molecular weight is 427 g/mol. The van der Waals surface area contributed by atoms with Crippen LogP contribution in [-0.4, -0.2) is 31.1 Å². The molecule has 1 heterocycles. The van der Waals surface area contributed by atoms with Gasteiger partial charge in [0.15, 0.2) is 0 Å². The Bertz CT molecular complexity index is 557. The van der Waals surface area contributed by atoms with Crippen LogP contribution < -0.4 is 5.32 Å². The highest BCUT2D eigenvalue weighted by atomic mass is 35.5. The molecule has 0 aromatic heterocycles. The number of hydrogen-bond acceptors (Lipinski definition) is 2. The minimum Gasteiger partial charge on any atom is -0.314 e. The number of halogens is 8. The summed E-state index contributed by atoms with van der Waals surface area (Å²) in [6, 6.07) is 1.44. The molecule has 0 saturated carbocycles. The Morgan fingerprint density at radius 1 is 1.00 bits per heavy atom. The van der Waals surface area contributed by atoms with E-state index < -0.39 is 29.5 Å². The predicted molar refractivity (Wildman–Crippen MR) is 93.0 cm³/mol. The van der Waals surface area contributed by atoms with Gasteiger partial charge in [-0.05, 0) is 24.1 Å². The van der Waals surface area contributed by atoms with E-state index >= 15 is 0 Å². The quantitative estimate of drug-likeness (QED) is 0.655. The summed E-state index contributed by atoms with van der Waals surface area (Å²) in [5, 5.41) is 3.12. The molecule has 1 aromatic carbocycles. The van der Waals surface area contributed by atoms with E-state index in [2.05, 4.69) is 5.32 Å². The lowest BCUT2D eigenvalue weighted by Crippen LogP contribution is -2.45. The van der Waals surface area contributed by atoms with Crippen LogP contribution in [0, 0.1) is 0 Å². The molecule has 1 atom stereocenters. The Balaban J connectivity index is 0.00000312. The van der Waals surface area contributed by atoms with Crippen LogP contribution in [0.5, 0.6) is 0 Å². The first-order valence-electron chi connectivity index (χ1n) is 7.87. The fraction of sp³-hybridized carbons (Fsp3) is 0.625. The summed E-state index contributed by atoms with van der Waals surface area (Å²) < 4.78 is 78.6. The molecule has 1 fully saturated rings. The topological polar surface area (TPSA) is 15.3 Å². The minimum absolute atomic E-state index is 0. The Morgan fingerprint density at radius 2 is 1.58 bits per heavy atom. The Labute approximate surface area is 161 Å². The normalized spacial score (nSPS) is 17.2. The second kappa shape index (κ2) is 10.0. The maximum atomic E-state index is 13.4. The Hall–Kier alpha value is -0.700. The van der Waals surface area contributed by atoms with Gasteiger partial charge in [0.05, 0.1) is 11.1 Å². The Kier molecular flexibility index (Phi) is 9.74. The van der Waals surface area contributed by atoms with Crippen molar-refractivity contribution in [1.29, 1.82) is 0 Å². The monoisotopic (exact) mass is 426 g/mol. The smallest absolute Gasteiger partial charge is 0.314 e. The maximum absolute atomic E-state index is 13.4. The van der Waals surface area contributed by atoms with Crippen molar-refractivity contribution in [3.05, 3.63) is 34.9 Å². The molecule has 0 spiro atoms. The molecular formula is C16H22Cl2F6N2. The molecule has 26 heavy (non-hydrogen) atoms. The SMILES string of the molecule is CCC[C@@H](c1ccc(C(F)(F)F)cc1C(F)(F)F)N1CCNCC1.Cl.Cl. The summed E-state index contributed by atoms with van der Waals surface area (Å²) in [4.78, 5) is 1.91. The van der Waals surface area contributed by atoms with Crippen molar-refractivity contribution in [3.8, 4) is 0 Å². The number of alkyl halides is 6. The van der Waals surface area contributed by atoms with Gasteiger partial charge in [-0.2, -0.15) is 26.3 Å². The fourth-order valence-electron chi connectivity index (χ4n) is 3.07. The second-order valence-electron chi connectivity index (χ2n) is 5.89. The van der Waals surface area contributed by atoms with Crippen LogP contribution in [0.4, 0.5) is 26.3 Å². The zero-order valence-corrected chi connectivity index (χ0v) is 15.7. The molecule has 2 rings (SSSR count). The molecule has 0 bridgehead atoms. The first kappa shape index (κ1) is 25.3. The fourth-order valence-corrected chi connectivity index (χ4v) is 3.07. The van der Waals surface area contributed by atoms with E-state index in [1.807, 2.05) is 11.8 Å². The number of nitrogens with zero attached hydrogens (tertiary/aromatic N) is 1. The van der Waals surface area contributed by atoms with Gasteiger partial charge < -0.3 is 5.32 Å². The highest BCUT2D eigenvalue weighted by Gasteiger charge is 2.40. The third-order valence-electron chi connectivity index (χ3n) is 4.20. The van der Waals surface area contributed by atoms with E-state index in [-0.39, 0.29) is 36.4 Å². The van der Waals surface area contributed by atoms with Crippen LogP contribution >= 0.6 is 24.8 Å². The minimum atomic E-state index is -4.82. The second-order valence-corrected chi connectivity index (χ2v) is 5.89. The van der Waals surface area contributed by atoms with Gasteiger partial charge in [0.2, 0.25) is 0 Å². The van der Waals surface area contributed by atoms with Crippen molar-refractivity contribution in [1.82, 2.24) is 10.2 Å². The largest absolute Gasteiger partial charge is 0.416 e. The van der Waals surface area contributed by atoms with E-state index in [0.717, 1.165) is 12.1 Å². The first-order valence-corrected chi connectivity index (χ1v) is 7.87. The first-order chi connectivity index (χ1) is 11.1. The van der Waals surface area contributed by atoms with Crippen molar-refractivity contribution in [2.24, 2.45) is 0 Å². The van der Waals surface area contributed by atoms with Crippen molar-refractivity contribution >= 4 is 24.8 Å².